The molecule has 0 amide bonds. The summed E-state index contributed by atoms with van der Waals surface area (Å²) in [5.74, 6) is 0.506. The van der Waals surface area contributed by atoms with Gasteiger partial charge in [0.15, 0.2) is 0 Å². The Morgan fingerprint density at radius 2 is 2.27 bits per heavy atom. The minimum atomic E-state index is 0.506. The van der Waals surface area contributed by atoms with Gasteiger partial charge in [0, 0.05) is 0 Å². The topological polar surface area (TPSA) is 80.5 Å². The Morgan fingerprint density at radius 3 is 3.09 bits per heavy atom. The van der Waals surface area contributed by atoms with E-state index in [1.165, 1.54) is 0 Å². The number of aromatic amines is 1. The van der Waals surface area contributed by atoms with Crippen molar-refractivity contribution in [2.75, 3.05) is 5.73 Å². The highest BCUT2D eigenvalue weighted by molar-refractivity contribution is 5.72. The van der Waals surface area contributed by atoms with Crippen LogP contribution in [-0.4, -0.2) is 20.4 Å². The van der Waals surface area contributed by atoms with Crippen LogP contribution in [0.1, 0.15) is 5.56 Å². The SMILES string of the molecule is Cc1cc2n[nH]nc2nc1N. The van der Waals surface area contributed by atoms with Gasteiger partial charge in [-0.3, -0.25) is 0 Å². The highest BCUT2D eigenvalue weighted by Gasteiger charge is 2.01. The summed E-state index contributed by atoms with van der Waals surface area (Å²) in [7, 11) is 0. The monoisotopic (exact) mass is 149 g/mol. The van der Waals surface area contributed by atoms with Crippen LogP contribution in [0.25, 0.3) is 11.2 Å². The first kappa shape index (κ1) is 6.09. The minimum absolute atomic E-state index is 0.506. The minimum Gasteiger partial charge on any atom is -0.383 e. The molecule has 56 valence electrons. The summed E-state index contributed by atoms with van der Waals surface area (Å²) in [6, 6.07) is 1.85. The van der Waals surface area contributed by atoms with Crippen molar-refractivity contribution in [2.24, 2.45) is 0 Å². The molecule has 2 aromatic heterocycles. The third-order valence-electron chi connectivity index (χ3n) is 1.54. The molecular formula is C6H7N5. The van der Waals surface area contributed by atoms with E-state index in [2.05, 4.69) is 20.4 Å². The van der Waals surface area contributed by atoms with Crippen molar-refractivity contribution in [3.8, 4) is 0 Å². The second-order valence-electron chi connectivity index (χ2n) is 2.36. The maximum Gasteiger partial charge on any atom is 0.203 e. The molecule has 0 fully saturated rings. The van der Waals surface area contributed by atoms with Crippen molar-refractivity contribution >= 4 is 17.0 Å². The van der Waals surface area contributed by atoms with Crippen LogP contribution in [0.15, 0.2) is 6.07 Å². The summed E-state index contributed by atoms with van der Waals surface area (Å²) in [6.45, 7) is 1.89. The van der Waals surface area contributed by atoms with E-state index in [0.717, 1.165) is 11.1 Å². The molecule has 0 bridgehead atoms. The van der Waals surface area contributed by atoms with Crippen LogP contribution in [-0.2, 0) is 0 Å². The van der Waals surface area contributed by atoms with Gasteiger partial charge in [-0.1, -0.05) is 0 Å². The fourth-order valence-electron chi connectivity index (χ4n) is 0.894. The van der Waals surface area contributed by atoms with Gasteiger partial charge in [-0.05, 0) is 18.6 Å². The van der Waals surface area contributed by atoms with Crippen LogP contribution in [0.4, 0.5) is 5.82 Å². The van der Waals surface area contributed by atoms with Crippen molar-refractivity contribution in [2.45, 2.75) is 6.92 Å². The number of fused-ring (bicyclic) bond motifs is 1. The van der Waals surface area contributed by atoms with Gasteiger partial charge in [0.05, 0.1) is 0 Å². The van der Waals surface area contributed by atoms with Gasteiger partial charge in [0.25, 0.3) is 0 Å². The molecule has 5 nitrogen and oxygen atoms in total. The summed E-state index contributed by atoms with van der Waals surface area (Å²) < 4.78 is 0. The van der Waals surface area contributed by atoms with Crippen molar-refractivity contribution in [1.29, 1.82) is 0 Å². The van der Waals surface area contributed by atoms with Gasteiger partial charge < -0.3 is 5.73 Å². The van der Waals surface area contributed by atoms with Crippen LogP contribution < -0.4 is 5.73 Å². The highest BCUT2D eigenvalue weighted by Crippen LogP contribution is 2.12. The Hall–Kier alpha value is -1.65. The Bertz CT molecular complexity index is 355. The third kappa shape index (κ3) is 0.813. The Kier molecular flexibility index (Phi) is 1.06. The number of H-pyrrole nitrogens is 1. The van der Waals surface area contributed by atoms with Gasteiger partial charge in [0.1, 0.15) is 11.3 Å². The number of hydrogen-bond donors (Lipinski definition) is 2. The molecule has 0 unspecified atom stereocenters. The van der Waals surface area contributed by atoms with E-state index in [9.17, 15) is 0 Å². The maximum atomic E-state index is 5.55. The maximum absolute atomic E-state index is 5.55. The van der Waals surface area contributed by atoms with Crippen molar-refractivity contribution in [1.82, 2.24) is 20.4 Å². The molecule has 0 aliphatic heterocycles. The molecule has 0 spiro atoms. The molecule has 5 heteroatoms. The molecule has 0 radical (unpaired) electrons. The Balaban J connectivity index is 2.86. The number of rotatable bonds is 0. The van der Waals surface area contributed by atoms with Crippen LogP contribution >= 0.6 is 0 Å². The number of aryl methyl sites for hydroxylation is 1. The molecule has 0 aliphatic rings. The molecule has 0 saturated carbocycles. The fraction of sp³-hybridized carbons (Fsp3) is 0.167. The molecule has 0 aliphatic carbocycles. The van der Waals surface area contributed by atoms with Gasteiger partial charge in [-0.15, -0.1) is 5.10 Å². The normalized spacial score (nSPS) is 10.6. The number of nitrogens with zero attached hydrogens (tertiary/aromatic N) is 3. The lowest BCUT2D eigenvalue weighted by molar-refractivity contribution is 0.955. The quantitative estimate of drug-likeness (QED) is 0.562. The van der Waals surface area contributed by atoms with Crippen molar-refractivity contribution < 1.29 is 0 Å². The van der Waals surface area contributed by atoms with Crippen LogP contribution in [0.2, 0.25) is 0 Å². The first-order chi connectivity index (χ1) is 5.27. The molecule has 0 saturated heterocycles. The summed E-state index contributed by atoms with van der Waals surface area (Å²) >= 11 is 0. The molecule has 2 heterocycles. The van der Waals surface area contributed by atoms with Crippen LogP contribution in [0.3, 0.4) is 0 Å². The zero-order valence-electron chi connectivity index (χ0n) is 6.00. The van der Waals surface area contributed by atoms with E-state index in [4.69, 9.17) is 5.73 Å². The fourth-order valence-corrected chi connectivity index (χ4v) is 0.894. The van der Waals surface area contributed by atoms with Gasteiger partial charge in [-0.25, -0.2) is 4.98 Å². The van der Waals surface area contributed by atoms with Gasteiger partial charge >= 0.3 is 0 Å². The number of nitrogen functional groups attached to an aromatic ring is 1. The number of aromatic nitrogens is 4. The summed E-state index contributed by atoms with van der Waals surface area (Å²) in [5.41, 5.74) is 7.78. The summed E-state index contributed by atoms with van der Waals surface area (Å²) in [6.07, 6.45) is 0. The molecule has 3 N–H and O–H groups in total. The van der Waals surface area contributed by atoms with E-state index < -0.39 is 0 Å². The zero-order valence-corrected chi connectivity index (χ0v) is 6.00. The standard InChI is InChI=1S/C6H7N5/c1-3-2-4-6(8-5(3)7)10-11-9-4/h2H,1H3,(H3,7,8,9,10,11). The van der Waals surface area contributed by atoms with Crippen molar-refractivity contribution in [3.05, 3.63) is 11.6 Å². The second-order valence-corrected chi connectivity index (χ2v) is 2.36. The van der Waals surface area contributed by atoms with Crippen LogP contribution in [0.5, 0.6) is 0 Å². The van der Waals surface area contributed by atoms with E-state index in [-0.39, 0.29) is 0 Å². The first-order valence-corrected chi connectivity index (χ1v) is 3.21. The first-order valence-electron chi connectivity index (χ1n) is 3.21. The smallest absolute Gasteiger partial charge is 0.203 e. The average molecular weight is 149 g/mol. The molecule has 0 atom stereocenters. The number of nitrogens with two attached hydrogens (primary N) is 1. The van der Waals surface area contributed by atoms with E-state index in [1.807, 2.05) is 13.0 Å². The summed E-state index contributed by atoms with van der Waals surface area (Å²) in [5, 5.41) is 10.1. The summed E-state index contributed by atoms with van der Waals surface area (Å²) in [4.78, 5) is 4.01. The van der Waals surface area contributed by atoms with E-state index in [1.54, 1.807) is 0 Å². The average Bonchev–Trinajstić information content (AvgIpc) is 2.36. The van der Waals surface area contributed by atoms with Gasteiger partial charge in [-0.2, -0.15) is 10.3 Å². The predicted molar refractivity (Wildman–Crippen MR) is 40.8 cm³/mol. The van der Waals surface area contributed by atoms with E-state index in [0.29, 0.717) is 11.5 Å². The van der Waals surface area contributed by atoms with Crippen LogP contribution in [0, 0.1) is 6.92 Å². The largest absolute Gasteiger partial charge is 0.383 e. The Labute approximate surface area is 62.6 Å². The second kappa shape index (κ2) is 1.91. The number of hydrogen-bond acceptors (Lipinski definition) is 4. The lowest BCUT2D eigenvalue weighted by Gasteiger charge is -1.94. The predicted octanol–water partition coefficient (Wildman–Crippen LogP) is 0.244. The highest BCUT2D eigenvalue weighted by atomic mass is 15.3. The molecule has 2 rings (SSSR count). The third-order valence-corrected chi connectivity index (χ3v) is 1.54. The van der Waals surface area contributed by atoms with Crippen molar-refractivity contribution in [3.63, 3.8) is 0 Å². The zero-order chi connectivity index (χ0) is 7.84. The molecule has 2 aromatic rings. The molecular weight excluding hydrogens is 142 g/mol. The lowest BCUT2D eigenvalue weighted by Crippen LogP contribution is -1.93. The number of anilines is 1. The van der Waals surface area contributed by atoms with E-state index >= 15 is 0 Å². The molecule has 11 heavy (non-hydrogen) atoms. The lowest BCUT2D eigenvalue weighted by atomic mass is 10.3. The Morgan fingerprint density at radius 1 is 1.45 bits per heavy atom. The number of nitrogens with one attached hydrogen (secondary N) is 1. The van der Waals surface area contributed by atoms with Gasteiger partial charge in [0.2, 0.25) is 5.65 Å². The molecule has 0 aromatic carbocycles. The number of pyridine rings is 1.